The van der Waals surface area contributed by atoms with Crippen molar-refractivity contribution in [1.82, 2.24) is 15.1 Å². The van der Waals surface area contributed by atoms with Crippen LogP contribution in [0.25, 0.3) is 0 Å². The van der Waals surface area contributed by atoms with E-state index in [-0.39, 0.29) is 0 Å². The third-order valence-electron chi connectivity index (χ3n) is 4.60. The standard InChI is InChI=1S/C16H27N3O/c1-18(11-15-4-3-8-19(15)2)12-16-13(7-9-20-16)10-17-14-5-6-14/h7,9,14-15,17H,3-6,8,10-12H2,1-2H3. The van der Waals surface area contributed by atoms with Gasteiger partial charge in [0.25, 0.3) is 0 Å². The number of furan rings is 1. The monoisotopic (exact) mass is 277 g/mol. The van der Waals surface area contributed by atoms with Crippen LogP contribution in [0.4, 0.5) is 0 Å². The van der Waals surface area contributed by atoms with Gasteiger partial charge >= 0.3 is 0 Å². The molecule has 0 radical (unpaired) electrons. The van der Waals surface area contributed by atoms with Crippen LogP contribution in [-0.4, -0.2) is 49.1 Å². The first-order chi connectivity index (χ1) is 9.72. The van der Waals surface area contributed by atoms with Gasteiger partial charge in [0.2, 0.25) is 0 Å². The minimum atomic E-state index is 0.711. The molecular weight excluding hydrogens is 250 g/mol. The summed E-state index contributed by atoms with van der Waals surface area (Å²) in [7, 11) is 4.44. The highest BCUT2D eigenvalue weighted by Crippen LogP contribution is 2.21. The maximum absolute atomic E-state index is 5.68. The molecule has 0 amide bonds. The molecule has 1 N–H and O–H groups in total. The van der Waals surface area contributed by atoms with E-state index in [4.69, 9.17) is 4.42 Å². The molecule has 1 aromatic heterocycles. The van der Waals surface area contributed by atoms with Gasteiger partial charge in [0.05, 0.1) is 12.8 Å². The fourth-order valence-corrected chi connectivity index (χ4v) is 3.08. The van der Waals surface area contributed by atoms with E-state index in [9.17, 15) is 0 Å². The molecule has 112 valence electrons. The fraction of sp³-hybridized carbons (Fsp3) is 0.750. The molecule has 1 aliphatic carbocycles. The molecule has 2 heterocycles. The molecule has 4 heteroatoms. The third kappa shape index (κ3) is 3.62. The quantitative estimate of drug-likeness (QED) is 0.827. The summed E-state index contributed by atoms with van der Waals surface area (Å²) in [5.41, 5.74) is 1.32. The number of hydrogen-bond acceptors (Lipinski definition) is 4. The summed E-state index contributed by atoms with van der Waals surface area (Å²) in [6.45, 7) is 4.25. The topological polar surface area (TPSA) is 31.7 Å². The molecule has 1 saturated carbocycles. The molecule has 2 fully saturated rings. The van der Waals surface area contributed by atoms with Crippen molar-refractivity contribution in [2.75, 3.05) is 27.2 Å². The maximum Gasteiger partial charge on any atom is 0.122 e. The largest absolute Gasteiger partial charge is 0.468 e. The van der Waals surface area contributed by atoms with E-state index in [0.29, 0.717) is 6.04 Å². The second kappa shape index (κ2) is 6.29. The average molecular weight is 277 g/mol. The maximum atomic E-state index is 5.68. The molecule has 0 aromatic carbocycles. The lowest BCUT2D eigenvalue weighted by atomic mass is 10.2. The predicted molar refractivity (Wildman–Crippen MR) is 80.6 cm³/mol. The van der Waals surface area contributed by atoms with Gasteiger partial charge in [-0.3, -0.25) is 4.90 Å². The Balaban J connectivity index is 1.49. The summed E-state index contributed by atoms with van der Waals surface area (Å²) in [6.07, 6.45) is 7.17. The Morgan fingerprint density at radius 1 is 1.40 bits per heavy atom. The Morgan fingerprint density at radius 3 is 2.95 bits per heavy atom. The average Bonchev–Trinajstić information content (AvgIpc) is 3.02. The number of hydrogen-bond donors (Lipinski definition) is 1. The van der Waals surface area contributed by atoms with Gasteiger partial charge in [0.1, 0.15) is 5.76 Å². The molecule has 4 nitrogen and oxygen atoms in total. The normalized spacial score (nSPS) is 23.9. The summed E-state index contributed by atoms with van der Waals surface area (Å²) in [5, 5.41) is 3.57. The molecule has 2 aliphatic rings. The summed E-state index contributed by atoms with van der Waals surface area (Å²) >= 11 is 0. The van der Waals surface area contributed by atoms with E-state index in [1.807, 2.05) is 6.26 Å². The summed E-state index contributed by atoms with van der Waals surface area (Å²) in [6, 6.07) is 3.57. The van der Waals surface area contributed by atoms with Gasteiger partial charge in [-0.15, -0.1) is 0 Å². The van der Waals surface area contributed by atoms with Crippen LogP contribution >= 0.6 is 0 Å². The molecule has 1 aromatic rings. The van der Waals surface area contributed by atoms with E-state index in [0.717, 1.165) is 31.4 Å². The van der Waals surface area contributed by atoms with E-state index >= 15 is 0 Å². The van der Waals surface area contributed by atoms with Crippen molar-refractivity contribution in [2.24, 2.45) is 0 Å². The van der Waals surface area contributed by atoms with E-state index in [2.05, 4.69) is 35.3 Å². The number of likely N-dealkylation sites (tertiary alicyclic amines) is 1. The first kappa shape index (κ1) is 14.1. The lowest BCUT2D eigenvalue weighted by molar-refractivity contribution is 0.205. The highest BCUT2D eigenvalue weighted by Gasteiger charge is 2.23. The second-order valence-corrected chi connectivity index (χ2v) is 6.50. The molecule has 3 rings (SSSR count). The van der Waals surface area contributed by atoms with Crippen molar-refractivity contribution in [3.05, 3.63) is 23.7 Å². The lowest BCUT2D eigenvalue weighted by Gasteiger charge is -2.25. The van der Waals surface area contributed by atoms with Crippen molar-refractivity contribution >= 4 is 0 Å². The van der Waals surface area contributed by atoms with Gasteiger partial charge in [0, 0.05) is 30.7 Å². The third-order valence-corrected chi connectivity index (χ3v) is 4.60. The van der Waals surface area contributed by atoms with Crippen LogP contribution in [0.1, 0.15) is 37.0 Å². The predicted octanol–water partition coefficient (Wildman–Crippen LogP) is 2.06. The Hall–Kier alpha value is -0.840. The van der Waals surface area contributed by atoms with Crippen LogP contribution in [0.5, 0.6) is 0 Å². The van der Waals surface area contributed by atoms with Crippen LogP contribution in [0.15, 0.2) is 16.7 Å². The first-order valence-corrected chi connectivity index (χ1v) is 7.90. The van der Waals surface area contributed by atoms with Crippen LogP contribution in [0, 0.1) is 0 Å². The van der Waals surface area contributed by atoms with Crippen molar-refractivity contribution in [3.8, 4) is 0 Å². The number of nitrogens with one attached hydrogen (secondary N) is 1. The smallest absolute Gasteiger partial charge is 0.122 e. The van der Waals surface area contributed by atoms with Gasteiger partial charge in [-0.05, 0) is 52.4 Å². The number of likely N-dealkylation sites (N-methyl/N-ethyl adjacent to an activating group) is 2. The van der Waals surface area contributed by atoms with Gasteiger partial charge in [-0.2, -0.15) is 0 Å². The van der Waals surface area contributed by atoms with Crippen LogP contribution in [-0.2, 0) is 13.1 Å². The van der Waals surface area contributed by atoms with Gasteiger partial charge < -0.3 is 14.6 Å². The summed E-state index contributed by atoms with van der Waals surface area (Å²) in [4.78, 5) is 4.88. The molecule has 1 saturated heterocycles. The zero-order valence-electron chi connectivity index (χ0n) is 12.8. The van der Waals surface area contributed by atoms with Crippen molar-refractivity contribution in [3.63, 3.8) is 0 Å². The Kier molecular flexibility index (Phi) is 4.44. The van der Waals surface area contributed by atoms with Crippen LogP contribution in [0.2, 0.25) is 0 Å². The van der Waals surface area contributed by atoms with Gasteiger partial charge in [-0.1, -0.05) is 0 Å². The van der Waals surface area contributed by atoms with Crippen molar-refractivity contribution in [2.45, 2.75) is 50.9 Å². The van der Waals surface area contributed by atoms with Crippen LogP contribution in [0.3, 0.4) is 0 Å². The van der Waals surface area contributed by atoms with E-state index in [1.54, 1.807) is 0 Å². The summed E-state index contributed by atoms with van der Waals surface area (Å²) in [5.74, 6) is 1.13. The molecule has 20 heavy (non-hydrogen) atoms. The highest BCUT2D eigenvalue weighted by molar-refractivity contribution is 5.17. The highest BCUT2D eigenvalue weighted by atomic mass is 16.3. The fourth-order valence-electron chi connectivity index (χ4n) is 3.08. The zero-order chi connectivity index (χ0) is 13.9. The molecule has 1 aliphatic heterocycles. The van der Waals surface area contributed by atoms with E-state index < -0.39 is 0 Å². The van der Waals surface area contributed by atoms with Crippen LogP contribution < -0.4 is 5.32 Å². The minimum Gasteiger partial charge on any atom is -0.468 e. The number of rotatable bonds is 7. The van der Waals surface area contributed by atoms with Gasteiger partial charge in [0.15, 0.2) is 0 Å². The first-order valence-electron chi connectivity index (χ1n) is 7.90. The minimum absolute atomic E-state index is 0.711. The van der Waals surface area contributed by atoms with Crippen molar-refractivity contribution in [1.29, 1.82) is 0 Å². The molecule has 1 unspecified atom stereocenters. The number of nitrogens with zero attached hydrogens (tertiary/aromatic N) is 2. The second-order valence-electron chi connectivity index (χ2n) is 6.50. The Labute approximate surface area is 122 Å². The molecular formula is C16H27N3O. The molecule has 0 spiro atoms. The lowest BCUT2D eigenvalue weighted by Crippen LogP contribution is -2.36. The Bertz CT molecular complexity index is 427. The van der Waals surface area contributed by atoms with E-state index in [1.165, 1.54) is 37.8 Å². The SMILES string of the molecule is CN(Cc1occc1CNC1CC1)CC1CCCN1C. The van der Waals surface area contributed by atoms with Gasteiger partial charge in [-0.25, -0.2) is 0 Å². The summed E-state index contributed by atoms with van der Waals surface area (Å²) < 4.78 is 5.68. The molecule has 0 bridgehead atoms. The Morgan fingerprint density at radius 2 is 2.25 bits per heavy atom. The van der Waals surface area contributed by atoms with Crippen molar-refractivity contribution < 1.29 is 4.42 Å². The zero-order valence-corrected chi connectivity index (χ0v) is 12.8. The molecule has 1 atom stereocenters.